The van der Waals surface area contributed by atoms with Crippen LogP contribution in [0.1, 0.15) is 24.5 Å². The van der Waals surface area contributed by atoms with Crippen LogP contribution >= 0.6 is 23.1 Å². The van der Waals surface area contributed by atoms with E-state index in [0.29, 0.717) is 6.42 Å². The van der Waals surface area contributed by atoms with Crippen molar-refractivity contribution in [3.63, 3.8) is 0 Å². The normalized spacial score (nSPS) is 14.3. The van der Waals surface area contributed by atoms with Gasteiger partial charge in [-0.2, -0.15) is 0 Å². The molecule has 4 nitrogen and oxygen atoms in total. The average Bonchev–Trinajstić information content (AvgIpc) is 2.73. The van der Waals surface area contributed by atoms with Crippen LogP contribution < -0.4 is 0 Å². The molecule has 0 aliphatic rings. The fourth-order valence-electron chi connectivity index (χ4n) is 1.14. The van der Waals surface area contributed by atoms with Gasteiger partial charge in [-0.3, -0.25) is 4.79 Å². The summed E-state index contributed by atoms with van der Waals surface area (Å²) in [5.41, 5.74) is 0.985. The number of nitrogens with zero attached hydrogens (tertiary/aromatic N) is 2. The van der Waals surface area contributed by atoms with Gasteiger partial charge >= 0.3 is 0 Å². The smallest absolute Gasteiger partial charge is 0.228 e. The number of aromatic nitrogens is 1. The largest absolute Gasteiger partial charge is 0.392 e. The molecule has 2 unspecified atom stereocenters. The molecule has 18 heavy (non-hydrogen) atoms. The molecule has 1 N–H and O–H groups in total. The van der Waals surface area contributed by atoms with E-state index in [9.17, 15) is 9.90 Å². The highest BCUT2D eigenvalue weighted by molar-refractivity contribution is 7.99. The lowest BCUT2D eigenvalue weighted by atomic mass is 10.3. The number of hydrogen-bond acceptors (Lipinski definition) is 5. The number of carbonyl (C=O) groups excluding carboxylic acids is 1. The Labute approximate surface area is 116 Å². The molecular formula is C12H20N2O2S2. The SMILES string of the molecule is CC(O)C(C)SCc1csc(CC(=O)N(C)C)n1. The Kier molecular flexibility index (Phi) is 6.11. The predicted molar refractivity (Wildman–Crippen MR) is 76.9 cm³/mol. The number of aliphatic hydroxyl groups excluding tert-OH is 1. The van der Waals surface area contributed by atoms with E-state index in [1.807, 2.05) is 12.3 Å². The van der Waals surface area contributed by atoms with E-state index in [2.05, 4.69) is 4.98 Å². The van der Waals surface area contributed by atoms with Crippen molar-refractivity contribution >= 4 is 29.0 Å². The monoisotopic (exact) mass is 288 g/mol. The molecule has 1 heterocycles. The summed E-state index contributed by atoms with van der Waals surface area (Å²) in [5, 5.41) is 12.4. The Morgan fingerprint density at radius 1 is 1.56 bits per heavy atom. The number of amides is 1. The lowest BCUT2D eigenvalue weighted by Gasteiger charge is -2.12. The summed E-state index contributed by atoms with van der Waals surface area (Å²) < 4.78 is 0. The molecule has 1 aromatic heterocycles. The van der Waals surface area contributed by atoms with Crippen LogP contribution in [0, 0.1) is 0 Å². The Bertz CT molecular complexity index is 391. The number of thioether (sulfide) groups is 1. The Morgan fingerprint density at radius 2 is 2.22 bits per heavy atom. The van der Waals surface area contributed by atoms with Gasteiger partial charge in [-0.15, -0.1) is 23.1 Å². The van der Waals surface area contributed by atoms with Gasteiger partial charge in [0.15, 0.2) is 0 Å². The second kappa shape index (κ2) is 7.11. The average molecular weight is 288 g/mol. The molecule has 0 aliphatic heterocycles. The third kappa shape index (κ3) is 4.96. The summed E-state index contributed by atoms with van der Waals surface area (Å²) in [6, 6.07) is 0. The van der Waals surface area contributed by atoms with Crippen LogP contribution in [0.5, 0.6) is 0 Å². The van der Waals surface area contributed by atoms with Crippen molar-refractivity contribution in [2.45, 2.75) is 37.4 Å². The molecule has 0 saturated heterocycles. The minimum atomic E-state index is -0.316. The van der Waals surface area contributed by atoms with E-state index in [1.54, 1.807) is 37.7 Å². The van der Waals surface area contributed by atoms with Crippen LogP contribution in [0.25, 0.3) is 0 Å². The van der Waals surface area contributed by atoms with Crippen molar-refractivity contribution < 1.29 is 9.90 Å². The number of hydrogen-bond donors (Lipinski definition) is 1. The molecule has 0 bridgehead atoms. The summed E-state index contributed by atoms with van der Waals surface area (Å²) in [6.07, 6.45) is 0.0531. The molecule has 102 valence electrons. The van der Waals surface area contributed by atoms with Crippen molar-refractivity contribution in [2.75, 3.05) is 14.1 Å². The minimum Gasteiger partial charge on any atom is -0.392 e. The molecule has 0 aromatic carbocycles. The summed E-state index contributed by atoms with van der Waals surface area (Å²) in [4.78, 5) is 17.5. The molecule has 0 fully saturated rings. The second-order valence-corrected chi connectivity index (χ2v) is 6.76. The van der Waals surface area contributed by atoms with Gasteiger partial charge in [0, 0.05) is 30.5 Å². The predicted octanol–water partition coefficient (Wildman–Crippen LogP) is 1.78. The Morgan fingerprint density at radius 3 is 2.78 bits per heavy atom. The zero-order chi connectivity index (χ0) is 13.7. The van der Waals surface area contributed by atoms with Gasteiger partial charge in [0.1, 0.15) is 5.01 Å². The third-order valence-electron chi connectivity index (χ3n) is 2.57. The van der Waals surface area contributed by atoms with Gasteiger partial charge in [-0.1, -0.05) is 6.92 Å². The van der Waals surface area contributed by atoms with E-state index in [0.717, 1.165) is 16.5 Å². The number of aliphatic hydroxyl groups is 1. The van der Waals surface area contributed by atoms with Crippen LogP contribution in [-0.4, -0.2) is 46.3 Å². The van der Waals surface area contributed by atoms with E-state index in [-0.39, 0.29) is 17.3 Å². The maximum atomic E-state index is 11.5. The molecule has 6 heteroatoms. The standard InChI is InChI=1S/C12H20N2O2S2/c1-8(15)9(2)17-6-10-7-18-11(13-10)5-12(16)14(3)4/h7-9,15H,5-6H2,1-4H3. The highest BCUT2D eigenvalue weighted by Crippen LogP contribution is 2.21. The number of rotatable bonds is 6. The quantitative estimate of drug-likeness (QED) is 0.867. The summed E-state index contributed by atoms with van der Waals surface area (Å²) >= 11 is 3.20. The zero-order valence-electron chi connectivity index (χ0n) is 11.2. The fourth-order valence-corrected chi connectivity index (χ4v) is 2.89. The van der Waals surface area contributed by atoms with Gasteiger partial charge in [0.25, 0.3) is 0 Å². The van der Waals surface area contributed by atoms with Crippen LogP contribution in [0.2, 0.25) is 0 Å². The lowest BCUT2D eigenvalue weighted by molar-refractivity contribution is -0.127. The van der Waals surface area contributed by atoms with Crippen LogP contribution in [-0.2, 0) is 17.0 Å². The molecule has 0 spiro atoms. The van der Waals surface area contributed by atoms with E-state index < -0.39 is 0 Å². The highest BCUT2D eigenvalue weighted by Gasteiger charge is 2.12. The van der Waals surface area contributed by atoms with Crippen molar-refractivity contribution in [1.29, 1.82) is 0 Å². The molecule has 2 atom stereocenters. The molecule has 0 radical (unpaired) electrons. The first kappa shape index (κ1) is 15.5. The maximum absolute atomic E-state index is 11.5. The summed E-state index contributed by atoms with van der Waals surface area (Å²) in [7, 11) is 3.49. The topological polar surface area (TPSA) is 53.4 Å². The molecule has 1 aromatic rings. The van der Waals surface area contributed by atoms with Gasteiger partial charge in [-0.05, 0) is 6.92 Å². The molecule has 1 rings (SSSR count). The summed E-state index contributed by atoms with van der Waals surface area (Å²) in [5.74, 6) is 0.847. The van der Waals surface area contributed by atoms with Gasteiger partial charge in [0.2, 0.25) is 5.91 Å². The van der Waals surface area contributed by atoms with Crippen LogP contribution in [0.15, 0.2) is 5.38 Å². The highest BCUT2D eigenvalue weighted by atomic mass is 32.2. The third-order valence-corrected chi connectivity index (χ3v) is 4.85. The molecule has 1 amide bonds. The molecular weight excluding hydrogens is 268 g/mol. The molecule has 0 saturated carbocycles. The number of thiazole rings is 1. The molecule has 0 aliphatic carbocycles. The fraction of sp³-hybridized carbons (Fsp3) is 0.667. The zero-order valence-corrected chi connectivity index (χ0v) is 12.8. The second-order valence-electron chi connectivity index (χ2n) is 4.45. The Balaban J connectivity index is 2.46. The first-order chi connectivity index (χ1) is 8.40. The first-order valence-electron chi connectivity index (χ1n) is 5.83. The van der Waals surface area contributed by atoms with E-state index in [1.165, 1.54) is 11.3 Å². The maximum Gasteiger partial charge on any atom is 0.228 e. The Hall–Kier alpha value is -0.590. The van der Waals surface area contributed by atoms with Crippen molar-refractivity contribution in [1.82, 2.24) is 9.88 Å². The van der Waals surface area contributed by atoms with E-state index in [4.69, 9.17) is 0 Å². The van der Waals surface area contributed by atoms with Crippen LogP contribution in [0.3, 0.4) is 0 Å². The summed E-state index contributed by atoms with van der Waals surface area (Å²) in [6.45, 7) is 3.79. The van der Waals surface area contributed by atoms with Crippen molar-refractivity contribution in [3.05, 3.63) is 16.1 Å². The van der Waals surface area contributed by atoms with Gasteiger partial charge < -0.3 is 10.0 Å². The van der Waals surface area contributed by atoms with Gasteiger partial charge in [-0.25, -0.2) is 4.98 Å². The van der Waals surface area contributed by atoms with E-state index >= 15 is 0 Å². The van der Waals surface area contributed by atoms with Crippen molar-refractivity contribution in [3.8, 4) is 0 Å². The lowest BCUT2D eigenvalue weighted by Crippen LogP contribution is -2.23. The first-order valence-corrected chi connectivity index (χ1v) is 7.76. The van der Waals surface area contributed by atoms with Gasteiger partial charge in [0.05, 0.1) is 18.2 Å². The van der Waals surface area contributed by atoms with Crippen molar-refractivity contribution in [2.24, 2.45) is 0 Å². The van der Waals surface area contributed by atoms with Crippen LogP contribution in [0.4, 0.5) is 0 Å². The number of carbonyl (C=O) groups is 1. The minimum absolute atomic E-state index is 0.0703. The number of likely N-dealkylation sites (N-methyl/N-ethyl adjacent to an activating group) is 1.